The minimum absolute atomic E-state index is 0.00482. The lowest BCUT2D eigenvalue weighted by Crippen LogP contribution is -2.23. The average Bonchev–Trinajstić information content (AvgIpc) is 2.59. The molecular weight excluding hydrogens is 262 g/mol. The summed E-state index contributed by atoms with van der Waals surface area (Å²) in [5.74, 6) is 0.00482. The van der Waals surface area contributed by atoms with Crippen molar-refractivity contribution in [2.24, 2.45) is 0 Å². The molecule has 0 aliphatic heterocycles. The highest BCUT2D eigenvalue weighted by Gasteiger charge is 2.06. The van der Waals surface area contributed by atoms with Crippen LogP contribution in [0, 0.1) is 0 Å². The molecule has 14 heavy (non-hydrogen) atoms. The number of nitrogens with one attached hydrogen (secondary N) is 1. The molecule has 1 amide bonds. The number of allylic oxidation sites excluding steroid dienone is 1. The van der Waals surface area contributed by atoms with Gasteiger partial charge in [0.05, 0.1) is 8.66 Å². The van der Waals surface area contributed by atoms with Gasteiger partial charge in [0.2, 0.25) is 0 Å². The van der Waals surface area contributed by atoms with Crippen molar-refractivity contribution in [3.8, 4) is 0 Å². The zero-order valence-corrected chi connectivity index (χ0v) is 10.3. The first kappa shape index (κ1) is 11.5. The summed E-state index contributed by atoms with van der Waals surface area (Å²) in [5.41, 5.74) is 0. The van der Waals surface area contributed by atoms with Gasteiger partial charge in [-0.2, -0.15) is 0 Å². The number of amides is 1. The first-order valence-electron chi connectivity index (χ1n) is 4.38. The summed E-state index contributed by atoms with van der Waals surface area (Å²) >= 11 is 4.77. The molecule has 1 aromatic heterocycles. The summed E-state index contributed by atoms with van der Waals surface area (Å²) in [7, 11) is 0. The molecule has 0 aromatic carbocycles. The molecule has 0 aliphatic rings. The Kier molecular flexibility index (Phi) is 4.90. The quantitative estimate of drug-likeness (QED) is 0.663. The van der Waals surface area contributed by atoms with Crippen LogP contribution in [0.3, 0.4) is 0 Å². The second-order valence-electron chi connectivity index (χ2n) is 2.72. The number of hydrogen-bond donors (Lipinski definition) is 1. The second-order valence-corrected chi connectivity index (χ2v) is 5.18. The highest BCUT2D eigenvalue weighted by Crippen LogP contribution is 2.21. The van der Waals surface area contributed by atoms with Gasteiger partial charge < -0.3 is 5.32 Å². The van der Waals surface area contributed by atoms with Crippen molar-refractivity contribution in [1.82, 2.24) is 5.32 Å². The van der Waals surface area contributed by atoms with Gasteiger partial charge in [-0.05, 0) is 41.4 Å². The molecule has 0 saturated heterocycles. The molecule has 0 aliphatic carbocycles. The molecule has 1 aromatic rings. The Balaban J connectivity index is 2.35. The van der Waals surface area contributed by atoms with E-state index in [4.69, 9.17) is 0 Å². The first-order valence-corrected chi connectivity index (χ1v) is 5.99. The zero-order valence-electron chi connectivity index (χ0n) is 7.92. The third kappa shape index (κ3) is 3.64. The van der Waals surface area contributed by atoms with Gasteiger partial charge in [-0.15, -0.1) is 11.3 Å². The third-order valence-electron chi connectivity index (χ3n) is 1.63. The number of hydrogen-bond acceptors (Lipinski definition) is 2. The molecule has 1 heterocycles. The van der Waals surface area contributed by atoms with E-state index in [1.165, 1.54) is 11.3 Å². The minimum atomic E-state index is 0.00482. The predicted octanol–water partition coefficient (Wildman–Crippen LogP) is 3.21. The zero-order chi connectivity index (χ0) is 10.4. The fourth-order valence-electron chi connectivity index (χ4n) is 0.959. The molecule has 0 saturated carbocycles. The molecule has 0 atom stereocenters. The SMILES string of the molecule is C/C=C/CCNC(=O)c1ccc(Br)s1. The minimum Gasteiger partial charge on any atom is -0.351 e. The van der Waals surface area contributed by atoms with Crippen molar-refractivity contribution >= 4 is 33.2 Å². The Labute approximate surface area is 96.2 Å². The van der Waals surface area contributed by atoms with Crippen molar-refractivity contribution < 1.29 is 4.79 Å². The van der Waals surface area contributed by atoms with E-state index in [-0.39, 0.29) is 5.91 Å². The summed E-state index contributed by atoms with van der Waals surface area (Å²) in [6, 6.07) is 3.70. The largest absolute Gasteiger partial charge is 0.351 e. The van der Waals surface area contributed by atoms with Gasteiger partial charge in [-0.3, -0.25) is 4.79 Å². The van der Waals surface area contributed by atoms with Gasteiger partial charge in [-0.1, -0.05) is 12.2 Å². The summed E-state index contributed by atoms with van der Waals surface area (Å²) in [4.78, 5) is 12.2. The Morgan fingerprint density at radius 1 is 1.64 bits per heavy atom. The summed E-state index contributed by atoms with van der Waals surface area (Å²) in [5, 5.41) is 2.85. The molecule has 76 valence electrons. The average molecular weight is 274 g/mol. The molecule has 2 nitrogen and oxygen atoms in total. The van der Waals surface area contributed by atoms with E-state index < -0.39 is 0 Å². The van der Waals surface area contributed by atoms with Crippen LogP contribution >= 0.6 is 27.3 Å². The summed E-state index contributed by atoms with van der Waals surface area (Å²) in [6.07, 6.45) is 4.90. The second kappa shape index (κ2) is 5.98. The van der Waals surface area contributed by atoms with Crippen LogP contribution in [-0.2, 0) is 0 Å². The van der Waals surface area contributed by atoms with Crippen LogP contribution in [0.15, 0.2) is 28.1 Å². The van der Waals surface area contributed by atoms with Gasteiger partial charge in [0.25, 0.3) is 5.91 Å². The van der Waals surface area contributed by atoms with Gasteiger partial charge in [0.15, 0.2) is 0 Å². The fourth-order valence-corrected chi connectivity index (χ4v) is 2.26. The van der Waals surface area contributed by atoms with Crippen molar-refractivity contribution in [3.63, 3.8) is 0 Å². The van der Waals surface area contributed by atoms with Crippen LogP contribution in [0.5, 0.6) is 0 Å². The normalized spacial score (nSPS) is 10.7. The van der Waals surface area contributed by atoms with E-state index in [0.717, 1.165) is 15.1 Å². The highest BCUT2D eigenvalue weighted by molar-refractivity contribution is 9.11. The number of carbonyl (C=O) groups is 1. The Morgan fingerprint density at radius 3 is 3.00 bits per heavy atom. The number of rotatable bonds is 4. The van der Waals surface area contributed by atoms with Crippen molar-refractivity contribution in [3.05, 3.63) is 32.9 Å². The van der Waals surface area contributed by atoms with Crippen LogP contribution in [-0.4, -0.2) is 12.5 Å². The van der Waals surface area contributed by atoms with E-state index in [9.17, 15) is 4.79 Å². The summed E-state index contributed by atoms with van der Waals surface area (Å²) < 4.78 is 0.983. The number of halogens is 1. The molecule has 1 rings (SSSR count). The molecule has 0 radical (unpaired) electrons. The van der Waals surface area contributed by atoms with Gasteiger partial charge in [0, 0.05) is 6.54 Å². The topological polar surface area (TPSA) is 29.1 Å². The van der Waals surface area contributed by atoms with E-state index in [0.29, 0.717) is 6.54 Å². The lowest BCUT2D eigenvalue weighted by atomic mass is 10.3. The number of carbonyl (C=O) groups excluding carboxylic acids is 1. The lowest BCUT2D eigenvalue weighted by Gasteiger charge is -1.99. The maximum atomic E-state index is 11.5. The molecule has 0 spiro atoms. The van der Waals surface area contributed by atoms with Gasteiger partial charge >= 0.3 is 0 Å². The van der Waals surface area contributed by atoms with Crippen LogP contribution in [0.4, 0.5) is 0 Å². The maximum Gasteiger partial charge on any atom is 0.261 e. The van der Waals surface area contributed by atoms with Crippen LogP contribution in [0.1, 0.15) is 23.0 Å². The van der Waals surface area contributed by atoms with Crippen molar-refractivity contribution in [2.45, 2.75) is 13.3 Å². The lowest BCUT2D eigenvalue weighted by molar-refractivity contribution is 0.0958. The van der Waals surface area contributed by atoms with Gasteiger partial charge in [0.1, 0.15) is 0 Å². The van der Waals surface area contributed by atoms with Crippen molar-refractivity contribution in [2.75, 3.05) is 6.54 Å². The Bertz CT molecular complexity index is 333. The molecule has 0 bridgehead atoms. The van der Waals surface area contributed by atoms with Crippen LogP contribution < -0.4 is 5.32 Å². The van der Waals surface area contributed by atoms with Crippen LogP contribution in [0.2, 0.25) is 0 Å². The molecule has 4 heteroatoms. The standard InChI is InChI=1S/C10H12BrNOS/c1-2-3-4-7-12-10(13)8-5-6-9(11)14-8/h2-3,5-6H,4,7H2,1H3,(H,12,13)/b3-2+. The summed E-state index contributed by atoms with van der Waals surface area (Å²) in [6.45, 7) is 2.66. The van der Waals surface area contributed by atoms with E-state index >= 15 is 0 Å². The third-order valence-corrected chi connectivity index (χ3v) is 3.25. The molecule has 0 unspecified atom stereocenters. The number of thiophene rings is 1. The first-order chi connectivity index (χ1) is 6.74. The maximum absolute atomic E-state index is 11.5. The van der Waals surface area contributed by atoms with E-state index in [1.807, 2.05) is 31.2 Å². The van der Waals surface area contributed by atoms with E-state index in [2.05, 4.69) is 21.2 Å². The monoisotopic (exact) mass is 273 g/mol. The fraction of sp³-hybridized carbons (Fsp3) is 0.300. The Hall–Kier alpha value is -0.610. The molecule has 0 fully saturated rings. The highest BCUT2D eigenvalue weighted by atomic mass is 79.9. The molecule has 1 N–H and O–H groups in total. The van der Waals surface area contributed by atoms with E-state index in [1.54, 1.807) is 0 Å². The molecular formula is C10H12BrNOS. The smallest absolute Gasteiger partial charge is 0.261 e. The van der Waals surface area contributed by atoms with Gasteiger partial charge in [-0.25, -0.2) is 0 Å². The Morgan fingerprint density at radius 2 is 2.43 bits per heavy atom. The van der Waals surface area contributed by atoms with Crippen molar-refractivity contribution in [1.29, 1.82) is 0 Å². The van der Waals surface area contributed by atoms with Crippen LogP contribution in [0.25, 0.3) is 0 Å². The predicted molar refractivity (Wildman–Crippen MR) is 63.8 cm³/mol.